The largest absolute Gasteiger partial charge is 0.550 e. The summed E-state index contributed by atoms with van der Waals surface area (Å²) in [6.45, 7) is 6.16. The number of carboxylic acid groups (broad SMARTS) is 1. The Bertz CT molecular complexity index is 239. The molecule has 0 saturated heterocycles. The first kappa shape index (κ1) is 25.7. The molecule has 0 saturated carbocycles. The van der Waals surface area contributed by atoms with Gasteiger partial charge in [0.05, 0.1) is 0 Å². The SMILES string of the molecule is CC(C)N.CCCCCCCCCCCCCCCCCC(=O)[O-]. The van der Waals surface area contributed by atoms with E-state index in [1.807, 2.05) is 13.8 Å². The minimum atomic E-state index is -0.903. The van der Waals surface area contributed by atoms with Crippen LogP contribution in [0.15, 0.2) is 0 Å². The van der Waals surface area contributed by atoms with E-state index in [4.69, 9.17) is 5.73 Å². The molecule has 0 spiro atoms. The van der Waals surface area contributed by atoms with Crippen molar-refractivity contribution in [3.05, 3.63) is 0 Å². The number of nitrogens with two attached hydrogens (primary N) is 1. The maximum atomic E-state index is 10.2. The normalized spacial score (nSPS) is 10.5. The van der Waals surface area contributed by atoms with Crippen LogP contribution in [0.25, 0.3) is 0 Å². The number of hydrogen-bond donors (Lipinski definition) is 1. The summed E-state index contributed by atoms with van der Waals surface area (Å²) < 4.78 is 0. The van der Waals surface area contributed by atoms with Gasteiger partial charge >= 0.3 is 0 Å². The highest BCUT2D eigenvalue weighted by atomic mass is 16.4. The van der Waals surface area contributed by atoms with E-state index in [1.165, 1.54) is 83.5 Å². The van der Waals surface area contributed by atoms with Gasteiger partial charge in [0.1, 0.15) is 0 Å². The molecule has 0 bridgehead atoms. The van der Waals surface area contributed by atoms with Crippen molar-refractivity contribution in [1.82, 2.24) is 0 Å². The topological polar surface area (TPSA) is 66.2 Å². The Labute approximate surface area is 151 Å². The molecular weight excluding hydrogens is 298 g/mol. The maximum Gasteiger partial charge on any atom is 0.0414 e. The van der Waals surface area contributed by atoms with Crippen LogP contribution in [-0.2, 0) is 4.79 Å². The number of rotatable bonds is 16. The van der Waals surface area contributed by atoms with Crippen molar-refractivity contribution in [1.29, 1.82) is 0 Å². The molecule has 0 aliphatic heterocycles. The molecule has 3 heteroatoms. The molecule has 0 rings (SSSR count). The quantitative estimate of drug-likeness (QED) is 0.384. The van der Waals surface area contributed by atoms with Crippen molar-refractivity contribution in [3.63, 3.8) is 0 Å². The molecule has 0 unspecified atom stereocenters. The Kier molecular flexibility index (Phi) is 24.0. The third-order valence-electron chi connectivity index (χ3n) is 3.98. The van der Waals surface area contributed by atoms with Gasteiger partial charge in [-0.15, -0.1) is 0 Å². The van der Waals surface area contributed by atoms with Gasteiger partial charge in [-0.2, -0.15) is 0 Å². The molecule has 146 valence electrons. The zero-order valence-electron chi connectivity index (χ0n) is 16.8. The lowest BCUT2D eigenvalue weighted by atomic mass is 10.0. The van der Waals surface area contributed by atoms with Crippen LogP contribution in [0, 0.1) is 0 Å². The molecule has 0 radical (unpaired) electrons. The van der Waals surface area contributed by atoms with Crippen LogP contribution in [0.5, 0.6) is 0 Å². The first-order valence-corrected chi connectivity index (χ1v) is 10.5. The number of aliphatic carboxylic acids is 1. The van der Waals surface area contributed by atoms with Gasteiger partial charge in [-0.05, 0) is 18.9 Å². The van der Waals surface area contributed by atoms with Crippen molar-refractivity contribution in [2.24, 2.45) is 5.73 Å². The van der Waals surface area contributed by atoms with Crippen LogP contribution in [0.1, 0.15) is 124 Å². The minimum Gasteiger partial charge on any atom is -0.550 e. The third-order valence-corrected chi connectivity index (χ3v) is 3.98. The predicted octanol–water partition coefficient (Wildman–Crippen LogP) is 5.35. The van der Waals surface area contributed by atoms with Crippen LogP contribution < -0.4 is 10.8 Å². The highest BCUT2D eigenvalue weighted by Crippen LogP contribution is 2.13. The van der Waals surface area contributed by atoms with Crippen LogP contribution >= 0.6 is 0 Å². The van der Waals surface area contributed by atoms with E-state index >= 15 is 0 Å². The second-order valence-corrected chi connectivity index (χ2v) is 7.32. The molecule has 0 aromatic rings. The van der Waals surface area contributed by atoms with Crippen molar-refractivity contribution >= 4 is 5.97 Å². The second kappa shape index (κ2) is 22.4. The Balaban J connectivity index is 0. The van der Waals surface area contributed by atoms with Crippen molar-refractivity contribution in [2.45, 2.75) is 130 Å². The van der Waals surface area contributed by atoms with Gasteiger partial charge in [0.2, 0.25) is 0 Å². The molecule has 0 fully saturated rings. The van der Waals surface area contributed by atoms with Gasteiger partial charge in [0.25, 0.3) is 0 Å². The molecular formula is C21H44NO2-. The minimum absolute atomic E-state index is 0.234. The zero-order valence-corrected chi connectivity index (χ0v) is 16.8. The van der Waals surface area contributed by atoms with Gasteiger partial charge in [0, 0.05) is 5.97 Å². The highest BCUT2D eigenvalue weighted by Gasteiger charge is 1.94. The molecule has 0 aromatic carbocycles. The number of hydrogen-bond acceptors (Lipinski definition) is 3. The van der Waals surface area contributed by atoms with Crippen molar-refractivity contribution in [3.8, 4) is 0 Å². The third kappa shape index (κ3) is 33.1. The van der Waals surface area contributed by atoms with Crippen molar-refractivity contribution in [2.75, 3.05) is 0 Å². The summed E-state index contributed by atoms with van der Waals surface area (Å²) in [5.41, 5.74) is 5.11. The Morgan fingerprint density at radius 2 is 0.958 bits per heavy atom. The van der Waals surface area contributed by atoms with E-state index < -0.39 is 5.97 Å². The molecule has 0 aliphatic rings. The standard InChI is InChI=1S/C18H36O2.C3H9N/c1-2-3-4-5-6-7-8-9-10-11-12-13-14-15-16-17-18(19)20;1-3(2)4/h2-17H2,1H3,(H,19,20);3H,4H2,1-2H3/p-1. The second-order valence-electron chi connectivity index (χ2n) is 7.32. The van der Waals surface area contributed by atoms with Gasteiger partial charge in [-0.25, -0.2) is 0 Å². The van der Waals surface area contributed by atoms with E-state index in [2.05, 4.69) is 6.92 Å². The van der Waals surface area contributed by atoms with Gasteiger partial charge in [-0.1, -0.05) is 111 Å². The number of carbonyl (C=O) groups excluding carboxylic acids is 1. The number of carbonyl (C=O) groups is 1. The molecule has 0 aromatic heterocycles. The van der Waals surface area contributed by atoms with Gasteiger partial charge < -0.3 is 15.6 Å². The number of carboxylic acids is 1. The van der Waals surface area contributed by atoms with E-state index in [-0.39, 0.29) is 6.42 Å². The average molecular weight is 343 g/mol. The lowest BCUT2D eigenvalue weighted by Crippen LogP contribution is -2.21. The molecule has 2 N–H and O–H groups in total. The molecule has 0 heterocycles. The monoisotopic (exact) mass is 342 g/mol. The fraction of sp³-hybridized carbons (Fsp3) is 0.952. The lowest BCUT2D eigenvalue weighted by molar-refractivity contribution is -0.305. The molecule has 0 atom stereocenters. The summed E-state index contributed by atoms with van der Waals surface area (Å²) in [4.78, 5) is 10.2. The van der Waals surface area contributed by atoms with E-state index in [0.29, 0.717) is 6.04 Å². The fourth-order valence-electron chi connectivity index (χ4n) is 2.64. The van der Waals surface area contributed by atoms with Crippen LogP contribution in [0.4, 0.5) is 0 Å². The lowest BCUT2D eigenvalue weighted by Gasteiger charge is -2.04. The van der Waals surface area contributed by atoms with Crippen LogP contribution in [0.3, 0.4) is 0 Å². The summed E-state index contributed by atoms with van der Waals surface area (Å²) in [5.74, 6) is -0.903. The van der Waals surface area contributed by atoms with Gasteiger partial charge in [0.15, 0.2) is 0 Å². The Hall–Kier alpha value is -0.570. The summed E-state index contributed by atoms with van der Waals surface area (Å²) in [6.07, 6.45) is 19.9. The van der Waals surface area contributed by atoms with E-state index in [0.717, 1.165) is 12.8 Å². The number of unbranched alkanes of at least 4 members (excludes halogenated alkanes) is 14. The average Bonchev–Trinajstić information content (AvgIpc) is 2.50. The Morgan fingerprint density at radius 3 is 1.21 bits per heavy atom. The summed E-state index contributed by atoms with van der Waals surface area (Å²) in [7, 11) is 0. The maximum absolute atomic E-state index is 10.2. The molecule has 0 amide bonds. The van der Waals surface area contributed by atoms with Crippen LogP contribution in [0.2, 0.25) is 0 Å². The molecule has 24 heavy (non-hydrogen) atoms. The highest BCUT2D eigenvalue weighted by molar-refractivity contribution is 5.63. The molecule has 0 aliphatic carbocycles. The predicted molar refractivity (Wildman–Crippen MR) is 104 cm³/mol. The van der Waals surface area contributed by atoms with Crippen molar-refractivity contribution < 1.29 is 9.90 Å². The zero-order chi connectivity index (χ0) is 18.5. The first-order valence-electron chi connectivity index (χ1n) is 10.5. The summed E-state index contributed by atoms with van der Waals surface area (Å²) >= 11 is 0. The molecule has 3 nitrogen and oxygen atoms in total. The van der Waals surface area contributed by atoms with E-state index in [9.17, 15) is 9.90 Å². The smallest absolute Gasteiger partial charge is 0.0414 e. The summed E-state index contributed by atoms with van der Waals surface area (Å²) in [5, 5.41) is 10.2. The Morgan fingerprint density at radius 1 is 0.708 bits per heavy atom. The van der Waals surface area contributed by atoms with E-state index in [1.54, 1.807) is 0 Å². The van der Waals surface area contributed by atoms with Gasteiger partial charge in [-0.3, -0.25) is 0 Å². The summed E-state index contributed by atoms with van der Waals surface area (Å²) in [6, 6.07) is 0.333. The fourth-order valence-corrected chi connectivity index (χ4v) is 2.64. The first-order chi connectivity index (χ1) is 11.5. The van der Waals surface area contributed by atoms with Crippen LogP contribution in [-0.4, -0.2) is 12.0 Å².